The summed E-state index contributed by atoms with van der Waals surface area (Å²) < 4.78 is 0. The molecular weight excluding hydrogens is 352 g/mol. The highest BCUT2D eigenvalue weighted by Gasteiger charge is 2.60. The molecule has 0 bridgehead atoms. The summed E-state index contributed by atoms with van der Waals surface area (Å²) >= 11 is 0. The molecule has 0 heterocycles. The molecule has 4 rings (SSSR count). The van der Waals surface area contributed by atoms with E-state index in [1.54, 1.807) is 5.57 Å². The SMILES string of the molecule is C/C(=C\C[C@@H](C)[C@H]1CC[C@H]2[C@@H]3CC[C@H]4C[C@@H](O)CC[C@]4(C)[C@H]3CC[C@]12C)C(C)C. The summed E-state index contributed by atoms with van der Waals surface area (Å²) in [5, 5.41) is 10.3. The van der Waals surface area contributed by atoms with E-state index in [1.165, 1.54) is 51.4 Å². The maximum Gasteiger partial charge on any atom is 0.0543 e. The summed E-state index contributed by atoms with van der Waals surface area (Å²) in [4.78, 5) is 0. The molecule has 1 N–H and O–H groups in total. The fourth-order valence-electron chi connectivity index (χ4n) is 8.98. The third-order valence-electron chi connectivity index (χ3n) is 11.1. The second-order valence-corrected chi connectivity index (χ2v) is 12.6. The van der Waals surface area contributed by atoms with Crippen LogP contribution in [0.2, 0.25) is 0 Å². The van der Waals surface area contributed by atoms with E-state index in [0.29, 0.717) is 16.7 Å². The third-order valence-corrected chi connectivity index (χ3v) is 11.1. The van der Waals surface area contributed by atoms with Gasteiger partial charge in [-0.3, -0.25) is 0 Å². The molecule has 4 saturated carbocycles. The zero-order valence-electron chi connectivity index (χ0n) is 20.2. The van der Waals surface area contributed by atoms with Crippen molar-refractivity contribution >= 4 is 0 Å². The van der Waals surface area contributed by atoms with Gasteiger partial charge in [0.05, 0.1) is 6.10 Å². The van der Waals surface area contributed by atoms with Crippen molar-refractivity contribution in [1.29, 1.82) is 0 Å². The van der Waals surface area contributed by atoms with Crippen molar-refractivity contribution in [3.05, 3.63) is 11.6 Å². The molecule has 0 amide bonds. The number of fused-ring (bicyclic) bond motifs is 5. The van der Waals surface area contributed by atoms with Gasteiger partial charge in [-0.25, -0.2) is 0 Å². The number of aliphatic hydroxyl groups excluding tert-OH is 1. The van der Waals surface area contributed by atoms with Gasteiger partial charge in [-0.15, -0.1) is 0 Å². The van der Waals surface area contributed by atoms with Crippen molar-refractivity contribution in [2.24, 2.45) is 52.3 Å². The molecule has 0 aromatic carbocycles. The number of allylic oxidation sites excluding steroid dienone is 2. The summed E-state index contributed by atoms with van der Waals surface area (Å²) in [6, 6.07) is 0. The van der Waals surface area contributed by atoms with Gasteiger partial charge >= 0.3 is 0 Å². The number of rotatable bonds is 4. The fraction of sp³-hybridized carbons (Fsp3) is 0.929. The lowest BCUT2D eigenvalue weighted by molar-refractivity contribution is -0.129. The van der Waals surface area contributed by atoms with Crippen molar-refractivity contribution in [3.63, 3.8) is 0 Å². The molecule has 1 nitrogen and oxygen atoms in total. The standard InChI is InChI=1S/C28H48O/c1-18(2)19(3)7-8-20(4)24-11-12-25-23-10-9-21-17-22(29)13-15-27(21,5)26(23)14-16-28(24,25)6/h7,18,20-26,29H,8-17H2,1-6H3/b19-7+/t20-,21+,22+,23+,24-,25+,26+,27+,28-/m1/s1. The first kappa shape index (κ1) is 21.9. The maximum absolute atomic E-state index is 10.3. The summed E-state index contributed by atoms with van der Waals surface area (Å²) in [7, 11) is 0. The van der Waals surface area contributed by atoms with Crippen LogP contribution in [0.1, 0.15) is 106 Å². The van der Waals surface area contributed by atoms with Crippen molar-refractivity contribution in [2.45, 2.75) is 112 Å². The normalized spacial score (nSPS) is 48.8. The van der Waals surface area contributed by atoms with Gasteiger partial charge < -0.3 is 5.11 Å². The zero-order valence-corrected chi connectivity index (χ0v) is 20.2. The summed E-state index contributed by atoms with van der Waals surface area (Å²) in [5.74, 6) is 6.09. The second-order valence-electron chi connectivity index (χ2n) is 12.6. The molecule has 0 saturated heterocycles. The quantitative estimate of drug-likeness (QED) is 0.481. The first-order chi connectivity index (χ1) is 13.7. The Hall–Kier alpha value is -0.300. The molecule has 0 radical (unpaired) electrons. The van der Waals surface area contributed by atoms with E-state index in [0.717, 1.165) is 48.3 Å². The highest BCUT2D eigenvalue weighted by Crippen LogP contribution is 2.68. The van der Waals surface area contributed by atoms with Crippen molar-refractivity contribution < 1.29 is 5.11 Å². The van der Waals surface area contributed by atoms with E-state index in [1.807, 2.05) is 0 Å². The zero-order chi connectivity index (χ0) is 21.0. The second kappa shape index (κ2) is 7.99. The molecule has 4 fully saturated rings. The highest BCUT2D eigenvalue weighted by atomic mass is 16.3. The van der Waals surface area contributed by atoms with Crippen LogP contribution in [-0.4, -0.2) is 11.2 Å². The average molecular weight is 401 g/mol. The van der Waals surface area contributed by atoms with Crippen molar-refractivity contribution in [3.8, 4) is 0 Å². The molecule has 0 aromatic rings. The highest BCUT2D eigenvalue weighted by molar-refractivity contribution is 5.10. The molecule has 0 unspecified atom stereocenters. The predicted octanol–water partition coefficient (Wildman–Crippen LogP) is 7.63. The molecule has 0 aromatic heterocycles. The smallest absolute Gasteiger partial charge is 0.0543 e. The van der Waals surface area contributed by atoms with E-state index in [4.69, 9.17) is 0 Å². The molecular formula is C28H48O. The van der Waals surface area contributed by atoms with Crippen LogP contribution in [0.3, 0.4) is 0 Å². The van der Waals surface area contributed by atoms with Gasteiger partial charge in [0.2, 0.25) is 0 Å². The van der Waals surface area contributed by atoms with Crippen molar-refractivity contribution in [2.75, 3.05) is 0 Å². The lowest BCUT2D eigenvalue weighted by Crippen LogP contribution is -2.54. The van der Waals surface area contributed by atoms with E-state index >= 15 is 0 Å². The average Bonchev–Trinajstić information content (AvgIpc) is 3.03. The summed E-state index contributed by atoms with van der Waals surface area (Å²) in [5.41, 5.74) is 2.67. The first-order valence-electron chi connectivity index (χ1n) is 13.0. The fourth-order valence-corrected chi connectivity index (χ4v) is 8.98. The number of hydrogen-bond acceptors (Lipinski definition) is 1. The van der Waals surface area contributed by atoms with Gasteiger partial charge in [0.1, 0.15) is 0 Å². The molecule has 166 valence electrons. The molecule has 1 heteroatoms. The van der Waals surface area contributed by atoms with Crippen LogP contribution in [0, 0.1) is 52.3 Å². The van der Waals surface area contributed by atoms with Crippen LogP contribution in [0.15, 0.2) is 11.6 Å². The van der Waals surface area contributed by atoms with E-state index in [9.17, 15) is 5.11 Å². The minimum absolute atomic E-state index is 0.0162. The Morgan fingerprint density at radius 2 is 1.62 bits per heavy atom. The van der Waals surface area contributed by atoms with Gasteiger partial charge in [-0.05, 0) is 123 Å². The Bertz CT molecular complexity index is 620. The van der Waals surface area contributed by atoms with Gasteiger partial charge in [0.15, 0.2) is 0 Å². The maximum atomic E-state index is 10.3. The van der Waals surface area contributed by atoms with E-state index in [-0.39, 0.29) is 6.10 Å². The van der Waals surface area contributed by atoms with Gasteiger partial charge in [-0.1, -0.05) is 46.3 Å². The van der Waals surface area contributed by atoms with Crippen LogP contribution in [-0.2, 0) is 0 Å². The molecule has 0 spiro atoms. The number of aliphatic hydroxyl groups is 1. The largest absolute Gasteiger partial charge is 0.393 e. The molecule has 4 aliphatic rings. The van der Waals surface area contributed by atoms with E-state index in [2.05, 4.69) is 47.6 Å². The predicted molar refractivity (Wildman–Crippen MR) is 124 cm³/mol. The summed E-state index contributed by atoms with van der Waals surface area (Å²) in [6.45, 7) is 14.8. The Kier molecular flexibility index (Phi) is 6.04. The molecule has 29 heavy (non-hydrogen) atoms. The van der Waals surface area contributed by atoms with Crippen LogP contribution < -0.4 is 0 Å². The topological polar surface area (TPSA) is 20.2 Å². The van der Waals surface area contributed by atoms with Crippen molar-refractivity contribution in [1.82, 2.24) is 0 Å². The van der Waals surface area contributed by atoms with Gasteiger partial charge in [-0.2, -0.15) is 0 Å². The minimum atomic E-state index is -0.0162. The lowest BCUT2D eigenvalue weighted by Gasteiger charge is -2.61. The Balaban J connectivity index is 1.49. The molecule has 0 aliphatic heterocycles. The van der Waals surface area contributed by atoms with E-state index < -0.39 is 0 Å². The van der Waals surface area contributed by atoms with Crippen LogP contribution >= 0.6 is 0 Å². The Labute approximate surface area is 181 Å². The molecule has 9 atom stereocenters. The van der Waals surface area contributed by atoms with Crippen LogP contribution in [0.25, 0.3) is 0 Å². The summed E-state index contributed by atoms with van der Waals surface area (Å²) in [6.07, 6.45) is 16.0. The number of hydrogen-bond donors (Lipinski definition) is 1. The van der Waals surface area contributed by atoms with Gasteiger partial charge in [0.25, 0.3) is 0 Å². The lowest BCUT2D eigenvalue weighted by atomic mass is 9.44. The van der Waals surface area contributed by atoms with Gasteiger partial charge in [0, 0.05) is 0 Å². The third kappa shape index (κ3) is 3.66. The molecule has 4 aliphatic carbocycles. The minimum Gasteiger partial charge on any atom is -0.393 e. The first-order valence-corrected chi connectivity index (χ1v) is 13.0. The Morgan fingerprint density at radius 1 is 0.931 bits per heavy atom. The Morgan fingerprint density at radius 3 is 2.34 bits per heavy atom. The van der Waals surface area contributed by atoms with Crippen LogP contribution in [0.5, 0.6) is 0 Å². The monoisotopic (exact) mass is 400 g/mol. The van der Waals surface area contributed by atoms with Crippen LogP contribution in [0.4, 0.5) is 0 Å².